The molecule has 9 heteroatoms. The van der Waals surface area contributed by atoms with Crippen LogP contribution in [0.3, 0.4) is 0 Å². The number of halogens is 3. The Balaban J connectivity index is 1.56. The highest BCUT2D eigenvalue weighted by molar-refractivity contribution is 5.78. The lowest BCUT2D eigenvalue weighted by Crippen LogP contribution is -2.46. The second-order valence-corrected chi connectivity index (χ2v) is 8.70. The molecule has 6 nitrogen and oxygen atoms in total. The van der Waals surface area contributed by atoms with Crippen LogP contribution in [0, 0.1) is 17.2 Å². The Bertz CT molecular complexity index is 1160. The number of nitrogens with zero attached hydrogens (tertiary/aromatic N) is 3. The van der Waals surface area contributed by atoms with E-state index in [-0.39, 0.29) is 36.4 Å². The van der Waals surface area contributed by atoms with Crippen molar-refractivity contribution in [2.24, 2.45) is 5.92 Å². The summed E-state index contributed by atoms with van der Waals surface area (Å²) in [7, 11) is 0. The zero-order chi connectivity index (χ0) is 25.4. The number of aromatic nitrogens is 2. The summed E-state index contributed by atoms with van der Waals surface area (Å²) in [4.78, 5) is 16.9. The van der Waals surface area contributed by atoms with E-state index in [1.807, 2.05) is 30.5 Å². The fourth-order valence-corrected chi connectivity index (χ4v) is 3.71. The Morgan fingerprint density at radius 3 is 2.51 bits per heavy atom. The minimum atomic E-state index is -4.41. The minimum absolute atomic E-state index is 0.0478. The van der Waals surface area contributed by atoms with Gasteiger partial charge in [-0.2, -0.15) is 18.4 Å². The first-order valence-electron chi connectivity index (χ1n) is 11.3. The van der Waals surface area contributed by atoms with Crippen molar-refractivity contribution < 1.29 is 18.0 Å². The topological polar surface area (TPSA) is 82.7 Å². The third-order valence-electron chi connectivity index (χ3n) is 5.73. The Morgan fingerprint density at radius 1 is 1.14 bits per heavy atom. The van der Waals surface area contributed by atoms with Gasteiger partial charge in [0.25, 0.3) is 0 Å². The molecule has 1 aromatic heterocycles. The number of hydrogen-bond acceptors (Lipinski definition) is 4. The molecule has 3 aromatic rings. The van der Waals surface area contributed by atoms with Gasteiger partial charge in [0, 0.05) is 37.6 Å². The van der Waals surface area contributed by atoms with Crippen molar-refractivity contribution in [3.8, 4) is 6.07 Å². The van der Waals surface area contributed by atoms with E-state index in [2.05, 4.69) is 21.7 Å². The molecule has 0 saturated heterocycles. The number of carbonyl (C=O) groups excluding carboxylic acids is 1. The maximum absolute atomic E-state index is 13.2. The largest absolute Gasteiger partial charge is 0.416 e. The van der Waals surface area contributed by atoms with Crippen LogP contribution in [0.1, 0.15) is 41.8 Å². The Kier molecular flexibility index (Phi) is 8.66. The summed E-state index contributed by atoms with van der Waals surface area (Å²) in [6.07, 6.45) is -0.999. The summed E-state index contributed by atoms with van der Waals surface area (Å²) in [5.74, 6) is -0.115. The normalized spacial score (nSPS) is 12.4. The number of rotatable bonds is 10. The summed E-state index contributed by atoms with van der Waals surface area (Å²) in [5, 5.41) is 15.0. The van der Waals surface area contributed by atoms with Crippen molar-refractivity contribution in [1.82, 2.24) is 20.2 Å². The Labute approximate surface area is 202 Å². The van der Waals surface area contributed by atoms with Gasteiger partial charge in [-0.15, -0.1) is 0 Å². The van der Waals surface area contributed by atoms with E-state index in [1.54, 1.807) is 30.7 Å². The summed E-state index contributed by atoms with van der Waals surface area (Å²) >= 11 is 0. The second-order valence-electron chi connectivity index (χ2n) is 8.70. The molecule has 0 radical (unpaired) electrons. The molecule has 0 spiro atoms. The van der Waals surface area contributed by atoms with Gasteiger partial charge in [-0.1, -0.05) is 44.2 Å². The van der Waals surface area contributed by atoms with Crippen molar-refractivity contribution in [1.29, 1.82) is 5.26 Å². The van der Waals surface area contributed by atoms with Crippen molar-refractivity contribution in [2.45, 2.75) is 45.6 Å². The maximum Gasteiger partial charge on any atom is 0.416 e. The van der Waals surface area contributed by atoms with Crippen LogP contribution in [0.4, 0.5) is 13.2 Å². The summed E-state index contributed by atoms with van der Waals surface area (Å²) in [6, 6.07) is 14.5. The molecule has 1 atom stereocenters. The van der Waals surface area contributed by atoms with E-state index in [1.165, 1.54) is 12.1 Å². The fourth-order valence-electron chi connectivity index (χ4n) is 3.71. The third-order valence-corrected chi connectivity index (χ3v) is 5.73. The monoisotopic (exact) mass is 483 g/mol. The van der Waals surface area contributed by atoms with Gasteiger partial charge in [0.05, 0.1) is 29.9 Å². The smallest absolute Gasteiger partial charge is 0.351 e. The lowest BCUT2D eigenvalue weighted by molar-refractivity contribution is -0.138. The first-order chi connectivity index (χ1) is 16.7. The second kappa shape index (κ2) is 11.7. The van der Waals surface area contributed by atoms with Crippen LogP contribution in [-0.2, 0) is 30.5 Å². The molecule has 0 aliphatic heterocycles. The van der Waals surface area contributed by atoms with E-state index in [0.717, 1.165) is 17.3 Å². The van der Waals surface area contributed by atoms with Crippen LogP contribution in [0.15, 0.2) is 61.1 Å². The van der Waals surface area contributed by atoms with Crippen LogP contribution in [0.25, 0.3) is 0 Å². The average molecular weight is 484 g/mol. The Hall–Kier alpha value is -3.64. The van der Waals surface area contributed by atoms with E-state index in [9.17, 15) is 18.0 Å². The standard InChI is InChI=1S/C26H28F3N5O/c1-18(2)24(15-31-13-21-5-3-4-6-23(21)26(27,28)29)33-25(35)11-22-14-32-17-34(22)16-20-9-7-19(12-30)8-10-20/h3-10,14,17-18,24,31H,11,13,15-16H2,1-2H3,(H,33,35). The van der Waals surface area contributed by atoms with Gasteiger partial charge in [-0.3, -0.25) is 4.79 Å². The number of nitriles is 1. The van der Waals surface area contributed by atoms with Gasteiger partial charge >= 0.3 is 6.18 Å². The fraction of sp³-hybridized carbons (Fsp3) is 0.346. The lowest BCUT2D eigenvalue weighted by atomic mass is 10.0. The molecule has 35 heavy (non-hydrogen) atoms. The number of nitrogens with one attached hydrogen (secondary N) is 2. The van der Waals surface area contributed by atoms with Gasteiger partial charge in [-0.05, 0) is 35.2 Å². The average Bonchev–Trinajstić information content (AvgIpc) is 3.24. The van der Waals surface area contributed by atoms with E-state index < -0.39 is 11.7 Å². The van der Waals surface area contributed by atoms with Gasteiger partial charge < -0.3 is 15.2 Å². The van der Waals surface area contributed by atoms with E-state index in [4.69, 9.17) is 5.26 Å². The van der Waals surface area contributed by atoms with Crippen LogP contribution in [0.2, 0.25) is 0 Å². The number of hydrogen-bond donors (Lipinski definition) is 2. The molecule has 2 aromatic carbocycles. The molecule has 2 N–H and O–H groups in total. The summed E-state index contributed by atoms with van der Waals surface area (Å²) < 4.78 is 41.5. The predicted octanol–water partition coefficient (Wildman–Crippen LogP) is 4.29. The van der Waals surface area contributed by atoms with Crippen LogP contribution in [0.5, 0.6) is 0 Å². The highest BCUT2D eigenvalue weighted by Crippen LogP contribution is 2.31. The zero-order valence-electron chi connectivity index (χ0n) is 19.6. The molecule has 0 bridgehead atoms. The maximum atomic E-state index is 13.2. The number of benzene rings is 2. The third kappa shape index (κ3) is 7.42. The van der Waals surface area contributed by atoms with E-state index >= 15 is 0 Å². The highest BCUT2D eigenvalue weighted by Gasteiger charge is 2.32. The number of carbonyl (C=O) groups is 1. The molecule has 0 aliphatic carbocycles. The molecule has 1 unspecified atom stereocenters. The summed E-state index contributed by atoms with van der Waals surface area (Å²) in [5.41, 5.74) is 1.80. The van der Waals surface area contributed by atoms with Gasteiger partial charge in [0.1, 0.15) is 0 Å². The zero-order valence-corrected chi connectivity index (χ0v) is 19.6. The first kappa shape index (κ1) is 26.0. The number of amides is 1. The van der Waals surface area contributed by atoms with Crippen LogP contribution < -0.4 is 10.6 Å². The van der Waals surface area contributed by atoms with E-state index in [0.29, 0.717) is 18.7 Å². The molecule has 184 valence electrons. The molecule has 0 saturated carbocycles. The first-order valence-corrected chi connectivity index (χ1v) is 11.3. The van der Waals surface area contributed by atoms with Gasteiger partial charge in [-0.25, -0.2) is 4.98 Å². The molecule has 1 heterocycles. The highest BCUT2D eigenvalue weighted by atomic mass is 19.4. The Morgan fingerprint density at radius 2 is 1.86 bits per heavy atom. The summed E-state index contributed by atoms with van der Waals surface area (Å²) in [6.45, 7) is 4.80. The molecule has 1 amide bonds. The molecular formula is C26H28F3N5O. The van der Waals surface area contributed by atoms with Crippen molar-refractivity contribution in [3.63, 3.8) is 0 Å². The predicted molar refractivity (Wildman–Crippen MR) is 126 cm³/mol. The number of imidazole rings is 1. The minimum Gasteiger partial charge on any atom is -0.351 e. The molecule has 0 aliphatic rings. The molecular weight excluding hydrogens is 455 g/mol. The molecule has 0 fully saturated rings. The van der Waals surface area contributed by atoms with Gasteiger partial charge in [0.15, 0.2) is 0 Å². The van der Waals surface area contributed by atoms with Crippen molar-refractivity contribution in [2.75, 3.05) is 6.54 Å². The quantitative estimate of drug-likeness (QED) is 0.451. The lowest BCUT2D eigenvalue weighted by Gasteiger charge is -2.23. The van der Waals surface area contributed by atoms with Crippen molar-refractivity contribution in [3.05, 3.63) is 89.0 Å². The van der Waals surface area contributed by atoms with Gasteiger partial charge in [0.2, 0.25) is 5.91 Å². The molecule has 3 rings (SSSR count). The van der Waals surface area contributed by atoms with Crippen LogP contribution >= 0.6 is 0 Å². The number of alkyl halides is 3. The SMILES string of the molecule is CC(C)C(CNCc1ccccc1C(F)(F)F)NC(=O)Cc1cncn1Cc1ccc(C#N)cc1. The van der Waals surface area contributed by atoms with Crippen molar-refractivity contribution >= 4 is 5.91 Å². The van der Waals surface area contributed by atoms with Crippen LogP contribution in [-0.4, -0.2) is 28.0 Å².